The zero-order valence-electron chi connectivity index (χ0n) is 10.8. The molecule has 1 aromatic carbocycles. The number of halogens is 2. The van der Waals surface area contributed by atoms with Gasteiger partial charge >= 0.3 is 0 Å². The summed E-state index contributed by atoms with van der Waals surface area (Å²) < 4.78 is 13.1. The van der Waals surface area contributed by atoms with Crippen LogP contribution in [0.15, 0.2) is 18.2 Å². The lowest BCUT2D eigenvalue weighted by Crippen LogP contribution is -2.35. The second-order valence-electron chi connectivity index (χ2n) is 4.18. The summed E-state index contributed by atoms with van der Waals surface area (Å²) in [7, 11) is 0. The van der Waals surface area contributed by atoms with E-state index in [1.54, 1.807) is 6.07 Å². The number of nitrogens with one attached hydrogen (secondary N) is 1. The molecule has 0 radical (unpaired) electrons. The van der Waals surface area contributed by atoms with Crippen LogP contribution < -0.4 is 5.32 Å². The van der Waals surface area contributed by atoms with Gasteiger partial charge in [-0.25, -0.2) is 4.39 Å². The minimum Gasteiger partial charge on any atom is -0.390 e. The van der Waals surface area contributed by atoms with E-state index in [1.165, 1.54) is 12.1 Å². The fourth-order valence-electron chi connectivity index (χ4n) is 1.74. The molecule has 1 unspecified atom stereocenters. The summed E-state index contributed by atoms with van der Waals surface area (Å²) >= 11 is 5.74. The monoisotopic (exact) mass is 274 g/mol. The fraction of sp³-hybridized carbons (Fsp3) is 0.538. The predicted molar refractivity (Wildman–Crippen MR) is 73.7 cm³/mol. The molecular formula is C13H20ClFN2O. The molecular weight excluding hydrogens is 255 g/mol. The molecule has 0 spiro atoms. The number of nitrogens with zero attached hydrogens (tertiary/aromatic N) is 1. The third kappa shape index (κ3) is 5.21. The first-order chi connectivity index (χ1) is 8.55. The number of likely N-dealkylation sites (N-methyl/N-ethyl adjacent to an activating group) is 1. The van der Waals surface area contributed by atoms with E-state index in [0.717, 1.165) is 13.1 Å². The molecule has 0 bridgehead atoms. The largest absolute Gasteiger partial charge is 0.390 e. The Balaban J connectivity index is 2.44. The summed E-state index contributed by atoms with van der Waals surface area (Å²) in [6.45, 7) is 6.88. The van der Waals surface area contributed by atoms with Crippen molar-refractivity contribution in [1.29, 1.82) is 0 Å². The van der Waals surface area contributed by atoms with Crippen molar-refractivity contribution >= 4 is 17.3 Å². The number of rotatable bonds is 7. The molecule has 0 amide bonds. The van der Waals surface area contributed by atoms with Crippen LogP contribution in [-0.4, -0.2) is 42.3 Å². The lowest BCUT2D eigenvalue weighted by atomic mass is 10.2. The number of benzene rings is 1. The Morgan fingerprint density at radius 1 is 1.33 bits per heavy atom. The average molecular weight is 275 g/mol. The maximum Gasteiger partial charge on any atom is 0.126 e. The highest BCUT2D eigenvalue weighted by Crippen LogP contribution is 2.17. The first-order valence-corrected chi connectivity index (χ1v) is 6.53. The van der Waals surface area contributed by atoms with Crippen molar-refractivity contribution < 1.29 is 9.50 Å². The molecule has 0 aromatic heterocycles. The number of hydrogen-bond donors (Lipinski definition) is 2. The van der Waals surface area contributed by atoms with Crippen LogP contribution in [0.1, 0.15) is 13.8 Å². The molecule has 0 saturated carbocycles. The predicted octanol–water partition coefficient (Wildman–Crippen LogP) is 2.59. The number of hydrogen-bond acceptors (Lipinski definition) is 3. The lowest BCUT2D eigenvalue weighted by molar-refractivity contribution is 0.128. The SMILES string of the molecule is CCN(CC)CC(O)CNc1cc(F)cc(Cl)c1. The Morgan fingerprint density at radius 2 is 2.00 bits per heavy atom. The third-order valence-corrected chi connectivity index (χ3v) is 2.99. The van der Waals surface area contributed by atoms with Gasteiger partial charge < -0.3 is 15.3 Å². The van der Waals surface area contributed by atoms with Gasteiger partial charge in [-0.15, -0.1) is 0 Å². The van der Waals surface area contributed by atoms with Gasteiger partial charge in [0.2, 0.25) is 0 Å². The number of aliphatic hydroxyl groups is 1. The molecule has 1 rings (SSSR count). The first kappa shape index (κ1) is 15.2. The van der Waals surface area contributed by atoms with Crippen LogP contribution in [0.4, 0.5) is 10.1 Å². The molecule has 0 saturated heterocycles. The summed E-state index contributed by atoms with van der Waals surface area (Å²) in [5, 5.41) is 13.2. The van der Waals surface area contributed by atoms with Crippen LogP contribution in [0.3, 0.4) is 0 Å². The first-order valence-electron chi connectivity index (χ1n) is 6.15. The van der Waals surface area contributed by atoms with Crippen molar-refractivity contribution in [2.45, 2.75) is 20.0 Å². The zero-order valence-corrected chi connectivity index (χ0v) is 11.5. The Labute approximate surface area is 113 Å². The minimum absolute atomic E-state index is 0.343. The highest BCUT2D eigenvalue weighted by atomic mass is 35.5. The van der Waals surface area contributed by atoms with Gasteiger partial charge in [-0.2, -0.15) is 0 Å². The van der Waals surface area contributed by atoms with E-state index in [1.807, 2.05) is 0 Å². The van der Waals surface area contributed by atoms with Gasteiger partial charge in [-0.3, -0.25) is 0 Å². The topological polar surface area (TPSA) is 35.5 Å². The molecule has 0 heterocycles. The van der Waals surface area contributed by atoms with Gasteiger partial charge in [0.25, 0.3) is 0 Å². The summed E-state index contributed by atoms with van der Waals surface area (Å²) in [6, 6.07) is 4.24. The van der Waals surface area contributed by atoms with E-state index in [9.17, 15) is 9.50 Å². The molecule has 3 nitrogen and oxygen atoms in total. The van der Waals surface area contributed by atoms with Crippen LogP contribution in [0.25, 0.3) is 0 Å². The van der Waals surface area contributed by atoms with E-state index in [4.69, 9.17) is 11.6 Å². The summed E-state index contributed by atoms with van der Waals surface area (Å²) in [4.78, 5) is 2.13. The molecule has 102 valence electrons. The van der Waals surface area contributed by atoms with Gasteiger partial charge in [0.05, 0.1) is 6.10 Å². The highest BCUT2D eigenvalue weighted by molar-refractivity contribution is 6.30. The van der Waals surface area contributed by atoms with Crippen molar-refractivity contribution in [2.24, 2.45) is 0 Å². The van der Waals surface area contributed by atoms with Crippen molar-refractivity contribution in [3.8, 4) is 0 Å². The fourth-order valence-corrected chi connectivity index (χ4v) is 1.96. The quantitative estimate of drug-likeness (QED) is 0.802. The highest BCUT2D eigenvalue weighted by Gasteiger charge is 2.09. The summed E-state index contributed by atoms with van der Waals surface area (Å²) in [5.41, 5.74) is 0.582. The standard InChI is InChI=1S/C13H20ClFN2O/c1-3-17(4-2)9-13(18)8-16-12-6-10(14)5-11(15)7-12/h5-7,13,16,18H,3-4,8-9H2,1-2H3. The van der Waals surface area contributed by atoms with E-state index in [2.05, 4.69) is 24.1 Å². The third-order valence-electron chi connectivity index (χ3n) is 2.77. The van der Waals surface area contributed by atoms with Gasteiger partial charge in [0.15, 0.2) is 0 Å². The van der Waals surface area contributed by atoms with Gasteiger partial charge in [0.1, 0.15) is 5.82 Å². The van der Waals surface area contributed by atoms with Crippen molar-refractivity contribution in [3.63, 3.8) is 0 Å². The number of aliphatic hydroxyl groups excluding tert-OH is 1. The molecule has 0 fully saturated rings. The van der Waals surface area contributed by atoms with Crippen LogP contribution in [0.5, 0.6) is 0 Å². The normalized spacial score (nSPS) is 12.8. The lowest BCUT2D eigenvalue weighted by Gasteiger charge is -2.22. The second-order valence-corrected chi connectivity index (χ2v) is 4.62. The van der Waals surface area contributed by atoms with Crippen molar-refractivity contribution in [3.05, 3.63) is 29.0 Å². The van der Waals surface area contributed by atoms with Crippen molar-refractivity contribution in [2.75, 3.05) is 31.5 Å². The molecule has 18 heavy (non-hydrogen) atoms. The Morgan fingerprint density at radius 3 is 2.56 bits per heavy atom. The Kier molecular flexibility index (Phi) is 6.39. The maximum atomic E-state index is 13.1. The van der Waals surface area contributed by atoms with Crippen LogP contribution in [0, 0.1) is 5.82 Å². The molecule has 2 N–H and O–H groups in total. The number of anilines is 1. The summed E-state index contributed by atoms with van der Waals surface area (Å²) in [6.07, 6.45) is -0.494. The molecule has 1 aromatic rings. The van der Waals surface area contributed by atoms with E-state index < -0.39 is 6.10 Å². The van der Waals surface area contributed by atoms with E-state index in [-0.39, 0.29) is 5.82 Å². The molecule has 0 aliphatic carbocycles. The van der Waals surface area contributed by atoms with Gasteiger partial charge in [-0.1, -0.05) is 25.4 Å². The molecule has 5 heteroatoms. The van der Waals surface area contributed by atoms with Gasteiger partial charge in [-0.05, 0) is 31.3 Å². The zero-order chi connectivity index (χ0) is 13.5. The molecule has 0 aliphatic rings. The summed E-state index contributed by atoms with van der Waals surface area (Å²) in [5.74, 6) is -0.386. The smallest absolute Gasteiger partial charge is 0.126 e. The second kappa shape index (κ2) is 7.56. The molecule has 0 aliphatic heterocycles. The Bertz CT molecular complexity index is 352. The van der Waals surface area contributed by atoms with Gasteiger partial charge in [0, 0.05) is 23.8 Å². The Hall–Kier alpha value is -0.840. The van der Waals surface area contributed by atoms with E-state index in [0.29, 0.717) is 23.8 Å². The van der Waals surface area contributed by atoms with Crippen LogP contribution in [0.2, 0.25) is 5.02 Å². The van der Waals surface area contributed by atoms with Crippen LogP contribution in [-0.2, 0) is 0 Å². The maximum absolute atomic E-state index is 13.1. The average Bonchev–Trinajstić information content (AvgIpc) is 2.32. The minimum atomic E-state index is -0.494. The van der Waals surface area contributed by atoms with Crippen molar-refractivity contribution in [1.82, 2.24) is 4.90 Å². The molecule has 1 atom stereocenters. The van der Waals surface area contributed by atoms with E-state index >= 15 is 0 Å². The van der Waals surface area contributed by atoms with Crippen LogP contribution >= 0.6 is 11.6 Å².